The number of anilines is 2. The number of nitrogens with two attached hydrogens (primary N) is 2. The van der Waals surface area contributed by atoms with E-state index in [0.29, 0.717) is 30.3 Å². The fraction of sp³-hybridized carbons (Fsp3) is 0.417. The number of nitrogen functional groups attached to an aromatic ring is 2. The van der Waals surface area contributed by atoms with Gasteiger partial charge in [-0.2, -0.15) is 0 Å². The Balaban J connectivity index is 2.13. The maximum absolute atomic E-state index is 9.79. The summed E-state index contributed by atoms with van der Waals surface area (Å²) >= 11 is 0. The van der Waals surface area contributed by atoms with Crippen LogP contribution < -0.4 is 16.2 Å². The van der Waals surface area contributed by atoms with Crippen molar-refractivity contribution >= 4 is 17.6 Å². The minimum atomic E-state index is -0.649. The van der Waals surface area contributed by atoms with Gasteiger partial charge in [0.1, 0.15) is 11.9 Å². The number of aliphatic hydroxyl groups excluding tert-OH is 1. The lowest BCUT2D eigenvalue weighted by Crippen LogP contribution is -2.45. The van der Waals surface area contributed by atoms with Crippen LogP contribution in [0.4, 0.5) is 11.4 Å². The maximum atomic E-state index is 9.79. The van der Waals surface area contributed by atoms with Crippen LogP contribution in [0, 0.1) is 0 Å². The summed E-state index contributed by atoms with van der Waals surface area (Å²) in [6, 6.07) is 5.05. The van der Waals surface area contributed by atoms with Gasteiger partial charge in [-0.25, -0.2) is 4.90 Å². The molecular formula is C12H18N4O2. The first-order valence-corrected chi connectivity index (χ1v) is 5.80. The summed E-state index contributed by atoms with van der Waals surface area (Å²) in [6.45, 7) is 2.85. The molecule has 0 aromatic heterocycles. The molecule has 0 fully saturated rings. The number of rotatable bonds is 4. The molecule has 6 heteroatoms. The summed E-state index contributed by atoms with van der Waals surface area (Å²) in [5, 5.41) is 9.79. The molecule has 0 saturated heterocycles. The Morgan fingerprint density at radius 3 is 2.78 bits per heavy atom. The Hall–Kier alpha value is -1.79. The minimum absolute atomic E-state index is 0.459. The third kappa shape index (κ3) is 2.72. The first-order valence-electron chi connectivity index (χ1n) is 5.80. The van der Waals surface area contributed by atoms with Gasteiger partial charge in [-0.3, -0.25) is 4.99 Å². The van der Waals surface area contributed by atoms with E-state index in [2.05, 4.69) is 4.99 Å². The lowest BCUT2D eigenvalue weighted by Gasteiger charge is -2.29. The van der Waals surface area contributed by atoms with Crippen molar-refractivity contribution < 1.29 is 9.84 Å². The molecule has 2 rings (SSSR count). The topological polar surface area (TPSA) is 97.1 Å². The van der Waals surface area contributed by atoms with Gasteiger partial charge in [-0.15, -0.1) is 0 Å². The van der Waals surface area contributed by atoms with Gasteiger partial charge in [-0.1, -0.05) is 0 Å². The van der Waals surface area contributed by atoms with Crippen LogP contribution in [0.15, 0.2) is 23.2 Å². The van der Waals surface area contributed by atoms with Crippen molar-refractivity contribution in [3.63, 3.8) is 0 Å². The van der Waals surface area contributed by atoms with Gasteiger partial charge in [0.05, 0.1) is 12.4 Å². The quantitative estimate of drug-likeness (QED) is 0.667. The second-order valence-corrected chi connectivity index (χ2v) is 4.32. The zero-order valence-electron chi connectivity index (χ0n) is 10.3. The van der Waals surface area contributed by atoms with Gasteiger partial charge in [0, 0.05) is 18.4 Å². The summed E-state index contributed by atoms with van der Waals surface area (Å²) in [6.07, 6.45) is 0.674. The van der Waals surface area contributed by atoms with Crippen LogP contribution in [0.25, 0.3) is 0 Å². The highest BCUT2D eigenvalue weighted by Gasteiger charge is 2.26. The molecule has 0 aliphatic carbocycles. The second-order valence-electron chi connectivity index (χ2n) is 4.32. The highest BCUT2D eigenvalue weighted by atomic mass is 16.5. The fourth-order valence-electron chi connectivity index (χ4n) is 1.85. The molecule has 0 saturated carbocycles. The monoisotopic (exact) mass is 250 g/mol. The molecule has 0 radical (unpaired) electrons. The molecule has 18 heavy (non-hydrogen) atoms. The Labute approximate surface area is 106 Å². The molecule has 5 N–H and O–H groups in total. The number of ether oxygens (including phenoxy) is 1. The van der Waals surface area contributed by atoms with E-state index in [1.165, 1.54) is 0 Å². The van der Waals surface area contributed by atoms with Gasteiger partial charge < -0.3 is 21.3 Å². The molecule has 0 amide bonds. The molecule has 1 aromatic rings. The second kappa shape index (κ2) is 5.24. The highest BCUT2D eigenvalue weighted by Crippen LogP contribution is 2.26. The molecule has 0 spiro atoms. The van der Waals surface area contributed by atoms with E-state index in [4.69, 9.17) is 16.2 Å². The van der Waals surface area contributed by atoms with E-state index in [0.717, 1.165) is 0 Å². The molecule has 2 atom stereocenters. The van der Waals surface area contributed by atoms with Gasteiger partial charge in [0.2, 0.25) is 0 Å². The fourth-order valence-corrected chi connectivity index (χ4v) is 1.85. The average molecular weight is 250 g/mol. The SMILES string of the molecule is CC(O)C(Oc1ccc(N)cc1N)N1CC=NC1. The van der Waals surface area contributed by atoms with Crippen molar-refractivity contribution in [2.75, 3.05) is 24.7 Å². The predicted octanol–water partition coefficient (Wildman–Crippen LogP) is 0.281. The number of hydrogen-bond donors (Lipinski definition) is 3. The van der Waals surface area contributed by atoms with E-state index in [-0.39, 0.29) is 0 Å². The number of benzene rings is 1. The molecule has 1 heterocycles. The minimum Gasteiger partial charge on any atom is -0.470 e. The predicted molar refractivity (Wildman–Crippen MR) is 71.4 cm³/mol. The average Bonchev–Trinajstić information content (AvgIpc) is 2.80. The van der Waals surface area contributed by atoms with Crippen molar-refractivity contribution in [2.24, 2.45) is 4.99 Å². The third-order valence-corrected chi connectivity index (χ3v) is 2.76. The molecule has 1 aliphatic heterocycles. The van der Waals surface area contributed by atoms with Crippen LogP contribution in [0.2, 0.25) is 0 Å². The standard InChI is InChI=1S/C12H18N4O2/c1-8(17)12(16-5-4-15-7-16)18-11-3-2-9(13)6-10(11)14/h2-4,6,8,12,17H,5,7,13-14H2,1H3. The lowest BCUT2D eigenvalue weighted by molar-refractivity contribution is -0.0460. The summed E-state index contributed by atoms with van der Waals surface area (Å²) in [4.78, 5) is 6.02. The van der Waals surface area contributed by atoms with E-state index in [1.807, 2.05) is 4.90 Å². The first kappa shape index (κ1) is 12.7. The van der Waals surface area contributed by atoms with Gasteiger partial charge in [0.15, 0.2) is 6.23 Å². The molecule has 0 bridgehead atoms. The van der Waals surface area contributed by atoms with Crippen LogP contribution in [-0.4, -0.2) is 41.8 Å². The van der Waals surface area contributed by atoms with E-state index >= 15 is 0 Å². The Bertz CT molecular complexity index is 440. The Morgan fingerprint density at radius 2 is 2.22 bits per heavy atom. The van der Waals surface area contributed by atoms with Crippen molar-refractivity contribution in [1.29, 1.82) is 0 Å². The van der Waals surface area contributed by atoms with Crippen molar-refractivity contribution in [3.05, 3.63) is 18.2 Å². The number of aliphatic hydroxyl groups is 1. The third-order valence-electron chi connectivity index (χ3n) is 2.76. The number of aliphatic imine (C=N–C) groups is 1. The molecule has 6 nitrogen and oxygen atoms in total. The molecule has 2 unspecified atom stereocenters. The lowest BCUT2D eigenvalue weighted by atomic mass is 10.2. The van der Waals surface area contributed by atoms with Crippen molar-refractivity contribution in [2.45, 2.75) is 19.3 Å². The normalized spacial score (nSPS) is 18.8. The molecule has 1 aliphatic rings. The summed E-state index contributed by atoms with van der Waals surface area (Å²) < 4.78 is 5.76. The van der Waals surface area contributed by atoms with E-state index < -0.39 is 12.3 Å². The van der Waals surface area contributed by atoms with Gasteiger partial charge in [-0.05, 0) is 25.1 Å². The van der Waals surface area contributed by atoms with Crippen molar-refractivity contribution in [3.8, 4) is 5.75 Å². The summed E-state index contributed by atoms with van der Waals surface area (Å²) in [5.41, 5.74) is 12.5. The number of nitrogens with zero attached hydrogens (tertiary/aromatic N) is 2. The van der Waals surface area contributed by atoms with Crippen molar-refractivity contribution in [1.82, 2.24) is 4.90 Å². The van der Waals surface area contributed by atoms with Crippen LogP contribution in [-0.2, 0) is 0 Å². The van der Waals surface area contributed by atoms with Crippen LogP contribution >= 0.6 is 0 Å². The summed E-state index contributed by atoms with van der Waals surface area (Å²) in [5.74, 6) is 0.516. The Kier molecular flexibility index (Phi) is 3.69. The number of hydrogen-bond acceptors (Lipinski definition) is 6. The van der Waals surface area contributed by atoms with Gasteiger partial charge >= 0.3 is 0 Å². The largest absolute Gasteiger partial charge is 0.470 e. The molecular weight excluding hydrogens is 232 g/mol. The smallest absolute Gasteiger partial charge is 0.180 e. The first-order chi connectivity index (χ1) is 8.58. The van der Waals surface area contributed by atoms with Crippen LogP contribution in [0.3, 0.4) is 0 Å². The summed E-state index contributed by atoms with van der Waals surface area (Å²) in [7, 11) is 0. The zero-order chi connectivity index (χ0) is 13.1. The van der Waals surface area contributed by atoms with Crippen LogP contribution in [0.1, 0.15) is 6.92 Å². The van der Waals surface area contributed by atoms with E-state index in [1.54, 1.807) is 31.3 Å². The van der Waals surface area contributed by atoms with E-state index in [9.17, 15) is 5.11 Å². The maximum Gasteiger partial charge on any atom is 0.180 e. The van der Waals surface area contributed by atoms with Gasteiger partial charge in [0.25, 0.3) is 0 Å². The van der Waals surface area contributed by atoms with Crippen LogP contribution in [0.5, 0.6) is 5.75 Å². The Morgan fingerprint density at radius 1 is 1.44 bits per heavy atom. The molecule has 1 aromatic carbocycles. The molecule has 98 valence electrons. The highest BCUT2D eigenvalue weighted by molar-refractivity contribution is 5.62. The zero-order valence-corrected chi connectivity index (χ0v) is 10.3.